The first-order chi connectivity index (χ1) is 11.2. The maximum Gasteiger partial charge on any atom is 0.191 e. The molecule has 2 saturated heterocycles. The molecule has 0 aromatic carbocycles. The molecular formula is C18H31IN4S. The van der Waals surface area contributed by atoms with Crippen molar-refractivity contribution in [1.29, 1.82) is 0 Å². The van der Waals surface area contributed by atoms with Gasteiger partial charge in [0.1, 0.15) is 0 Å². The standard InChI is InChI=1S/C18H30N4S.HI/c1-15-7-11-21(12-8-15)16(17-6-5-13-23-17)14-20-18(19)22-9-3-2-4-10-22;/h5-6,13,15-16H,2-4,7-12,14H2,1H3,(H2,19,20);1H. The molecule has 1 atom stereocenters. The molecule has 1 unspecified atom stereocenters. The smallest absolute Gasteiger partial charge is 0.191 e. The minimum Gasteiger partial charge on any atom is -0.370 e. The molecule has 2 aliphatic rings. The molecule has 0 radical (unpaired) electrons. The zero-order chi connectivity index (χ0) is 16.1. The molecule has 3 heterocycles. The molecule has 4 nitrogen and oxygen atoms in total. The summed E-state index contributed by atoms with van der Waals surface area (Å²) in [6, 6.07) is 4.79. The minimum absolute atomic E-state index is 0. The number of hydrogen-bond donors (Lipinski definition) is 1. The van der Waals surface area contributed by atoms with Gasteiger partial charge in [-0.15, -0.1) is 35.3 Å². The second-order valence-corrected chi connectivity index (χ2v) is 7.98. The molecule has 6 heteroatoms. The lowest BCUT2D eigenvalue weighted by Crippen LogP contribution is -2.42. The normalized spacial score (nSPS) is 22.2. The van der Waals surface area contributed by atoms with Gasteiger partial charge < -0.3 is 10.6 Å². The van der Waals surface area contributed by atoms with E-state index in [0.717, 1.165) is 31.5 Å². The Balaban J connectivity index is 0.00000208. The molecule has 1 aromatic rings. The van der Waals surface area contributed by atoms with Crippen molar-refractivity contribution in [3.05, 3.63) is 22.4 Å². The highest BCUT2D eigenvalue weighted by Gasteiger charge is 2.25. The first-order valence-corrected chi connectivity index (χ1v) is 9.94. The maximum absolute atomic E-state index is 6.26. The Labute approximate surface area is 167 Å². The highest BCUT2D eigenvalue weighted by molar-refractivity contribution is 14.0. The van der Waals surface area contributed by atoms with Gasteiger partial charge in [0.05, 0.1) is 12.6 Å². The van der Waals surface area contributed by atoms with Crippen LogP contribution in [0.4, 0.5) is 0 Å². The summed E-state index contributed by atoms with van der Waals surface area (Å²) in [5.74, 6) is 1.61. The Morgan fingerprint density at radius 3 is 2.58 bits per heavy atom. The predicted octanol–water partition coefficient (Wildman–Crippen LogP) is 3.94. The van der Waals surface area contributed by atoms with Gasteiger partial charge in [0.2, 0.25) is 0 Å². The summed E-state index contributed by atoms with van der Waals surface area (Å²) in [6.07, 6.45) is 6.41. The number of aliphatic imine (C=N–C) groups is 1. The molecule has 0 amide bonds. The van der Waals surface area contributed by atoms with Crippen LogP contribution in [-0.2, 0) is 0 Å². The largest absolute Gasteiger partial charge is 0.370 e. The molecule has 2 N–H and O–H groups in total. The van der Waals surface area contributed by atoms with E-state index in [1.54, 1.807) is 0 Å². The van der Waals surface area contributed by atoms with Gasteiger partial charge in [-0.1, -0.05) is 13.0 Å². The summed E-state index contributed by atoms with van der Waals surface area (Å²) >= 11 is 1.85. The second-order valence-electron chi connectivity index (χ2n) is 7.00. The quantitative estimate of drug-likeness (QED) is 0.419. The molecule has 1 aromatic heterocycles. The summed E-state index contributed by atoms with van der Waals surface area (Å²) in [7, 11) is 0. The lowest BCUT2D eigenvalue weighted by atomic mass is 9.97. The van der Waals surface area contributed by atoms with Crippen LogP contribution in [0, 0.1) is 5.92 Å². The van der Waals surface area contributed by atoms with Crippen molar-refractivity contribution in [2.75, 3.05) is 32.7 Å². The molecular weight excluding hydrogens is 431 g/mol. The maximum atomic E-state index is 6.26. The average Bonchev–Trinajstić information content (AvgIpc) is 3.11. The van der Waals surface area contributed by atoms with Crippen LogP contribution in [0.1, 0.15) is 49.9 Å². The van der Waals surface area contributed by atoms with Crippen molar-refractivity contribution in [3.63, 3.8) is 0 Å². The van der Waals surface area contributed by atoms with Gasteiger partial charge in [0.15, 0.2) is 5.96 Å². The van der Waals surface area contributed by atoms with Gasteiger partial charge in [-0.2, -0.15) is 0 Å². The third-order valence-corrected chi connectivity index (χ3v) is 6.21. The Morgan fingerprint density at radius 2 is 1.96 bits per heavy atom. The first-order valence-electron chi connectivity index (χ1n) is 9.06. The van der Waals surface area contributed by atoms with E-state index in [1.807, 2.05) is 11.3 Å². The third kappa shape index (κ3) is 5.33. The SMILES string of the molecule is CC1CCN(C(CN=C(N)N2CCCCC2)c2cccs2)CC1.I. The molecule has 0 bridgehead atoms. The van der Waals surface area contributed by atoms with Crippen molar-refractivity contribution in [1.82, 2.24) is 9.80 Å². The van der Waals surface area contributed by atoms with Crippen molar-refractivity contribution in [2.24, 2.45) is 16.6 Å². The Kier molecular flexibility index (Phi) is 8.30. The van der Waals surface area contributed by atoms with E-state index in [0.29, 0.717) is 6.04 Å². The average molecular weight is 462 g/mol. The molecule has 2 fully saturated rings. The van der Waals surface area contributed by atoms with Gasteiger partial charge in [-0.05, 0) is 62.6 Å². The molecule has 2 aliphatic heterocycles. The van der Waals surface area contributed by atoms with Crippen LogP contribution in [0.25, 0.3) is 0 Å². The number of likely N-dealkylation sites (tertiary alicyclic amines) is 2. The van der Waals surface area contributed by atoms with Crippen LogP contribution in [0.3, 0.4) is 0 Å². The van der Waals surface area contributed by atoms with Crippen LogP contribution >= 0.6 is 35.3 Å². The van der Waals surface area contributed by atoms with E-state index in [1.165, 1.54) is 50.1 Å². The lowest BCUT2D eigenvalue weighted by Gasteiger charge is -2.36. The van der Waals surface area contributed by atoms with Crippen molar-refractivity contribution in [3.8, 4) is 0 Å². The first kappa shape index (κ1) is 20.0. The number of rotatable bonds is 4. The minimum atomic E-state index is 0. The van der Waals surface area contributed by atoms with E-state index in [4.69, 9.17) is 10.7 Å². The zero-order valence-electron chi connectivity index (χ0n) is 14.7. The van der Waals surface area contributed by atoms with Gasteiger partial charge >= 0.3 is 0 Å². The van der Waals surface area contributed by atoms with Crippen molar-refractivity contribution in [2.45, 2.75) is 45.1 Å². The molecule has 0 saturated carbocycles. The monoisotopic (exact) mass is 462 g/mol. The van der Waals surface area contributed by atoms with Crippen LogP contribution in [0.15, 0.2) is 22.5 Å². The fraction of sp³-hybridized carbons (Fsp3) is 0.722. The fourth-order valence-electron chi connectivity index (χ4n) is 3.61. The highest BCUT2D eigenvalue weighted by atomic mass is 127. The predicted molar refractivity (Wildman–Crippen MR) is 114 cm³/mol. The van der Waals surface area contributed by atoms with E-state index in [-0.39, 0.29) is 24.0 Å². The molecule has 0 aliphatic carbocycles. The Bertz CT molecular complexity index is 491. The summed E-state index contributed by atoms with van der Waals surface area (Å²) in [6.45, 7) is 7.66. The molecule has 136 valence electrons. The zero-order valence-corrected chi connectivity index (χ0v) is 17.8. The molecule has 0 spiro atoms. The number of thiophene rings is 1. The van der Waals surface area contributed by atoms with Crippen LogP contribution in [-0.4, -0.2) is 48.5 Å². The van der Waals surface area contributed by atoms with E-state index in [9.17, 15) is 0 Å². The summed E-state index contributed by atoms with van der Waals surface area (Å²) in [5.41, 5.74) is 6.26. The number of halogens is 1. The van der Waals surface area contributed by atoms with Crippen molar-refractivity contribution >= 4 is 41.3 Å². The number of nitrogens with two attached hydrogens (primary N) is 1. The van der Waals surface area contributed by atoms with Crippen LogP contribution in [0.2, 0.25) is 0 Å². The highest BCUT2D eigenvalue weighted by Crippen LogP contribution is 2.29. The van der Waals surface area contributed by atoms with Crippen LogP contribution in [0.5, 0.6) is 0 Å². The fourth-order valence-corrected chi connectivity index (χ4v) is 4.46. The molecule has 24 heavy (non-hydrogen) atoms. The van der Waals surface area contributed by atoms with Gasteiger partial charge in [0, 0.05) is 18.0 Å². The Morgan fingerprint density at radius 1 is 1.25 bits per heavy atom. The van der Waals surface area contributed by atoms with E-state index < -0.39 is 0 Å². The number of guanidine groups is 1. The van der Waals surface area contributed by atoms with Crippen molar-refractivity contribution < 1.29 is 0 Å². The van der Waals surface area contributed by atoms with E-state index >= 15 is 0 Å². The summed E-state index contributed by atoms with van der Waals surface area (Å²) < 4.78 is 0. The van der Waals surface area contributed by atoms with Crippen LogP contribution < -0.4 is 5.73 Å². The van der Waals surface area contributed by atoms with Gasteiger partial charge in [-0.25, -0.2) is 0 Å². The third-order valence-electron chi connectivity index (χ3n) is 5.24. The number of hydrogen-bond acceptors (Lipinski definition) is 3. The number of piperidine rings is 2. The lowest BCUT2D eigenvalue weighted by molar-refractivity contribution is 0.143. The Hall–Kier alpha value is -0.340. The van der Waals surface area contributed by atoms with E-state index in [2.05, 4.69) is 34.2 Å². The van der Waals surface area contributed by atoms with Gasteiger partial charge in [-0.3, -0.25) is 9.89 Å². The number of nitrogens with zero attached hydrogens (tertiary/aromatic N) is 3. The second kappa shape index (κ2) is 9.97. The van der Waals surface area contributed by atoms with Gasteiger partial charge in [0.25, 0.3) is 0 Å². The summed E-state index contributed by atoms with van der Waals surface area (Å²) in [4.78, 5) is 11.1. The molecule has 3 rings (SSSR count). The summed E-state index contributed by atoms with van der Waals surface area (Å²) in [5, 5.41) is 2.17. The topological polar surface area (TPSA) is 44.9 Å².